The number of ether oxygens (including phenoxy) is 2. The van der Waals surface area contributed by atoms with Crippen molar-refractivity contribution in [3.05, 3.63) is 161 Å². The average molecular weight is 725 g/mol. The Morgan fingerprint density at radius 3 is 2.35 bits per heavy atom. The van der Waals surface area contributed by atoms with Gasteiger partial charge in [0.2, 0.25) is 0 Å². The third kappa shape index (κ3) is 8.49. The molecule has 0 spiro atoms. The maximum atomic E-state index is 13.1. The van der Waals surface area contributed by atoms with E-state index in [2.05, 4.69) is 22.2 Å². The summed E-state index contributed by atoms with van der Waals surface area (Å²) in [6.07, 6.45) is -0.488. The van der Waals surface area contributed by atoms with Gasteiger partial charge in [0.1, 0.15) is 11.4 Å². The number of hydrogen-bond donors (Lipinski definition) is 4. The molecule has 0 saturated carbocycles. The van der Waals surface area contributed by atoms with E-state index in [1.54, 1.807) is 24.3 Å². The van der Waals surface area contributed by atoms with Crippen LogP contribution in [-0.2, 0) is 22.6 Å². The van der Waals surface area contributed by atoms with Crippen molar-refractivity contribution >= 4 is 16.9 Å². The number of nitrogens with one attached hydrogen (secondary N) is 1. The standard InChI is InChI=1S/C44H44N4O6/c1-28-41(26-48(2)25-40(51)33-9-7-10-35(50)22-33)53-44(54-42(28)31-16-14-29(27-49)15-17-31)32-20-18-30(19-21-32)36-11-4-3-8-34(36)23-46-43(52)39-24-45-37-12-5-6-13-38(37)47-39/h3-22,24,28,40-42,44,49-51H,23,25-27H2,1-2H3,(H,46,52). The van der Waals surface area contributed by atoms with Crippen molar-refractivity contribution in [2.75, 3.05) is 20.1 Å². The first-order valence-electron chi connectivity index (χ1n) is 18.1. The van der Waals surface area contributed by atoms with Gasteiger partial charge in [0.25, 0.3) is 5.91 Å². The minimum atomic E-state index is -0.786. The number of amides is 1. The number of fused-ring (bicyclic) bond motifs is 1. The van der Waals surface area contributed by atoms with Crippen molar-refractivity contribution in [3.63, 3.8) is 0 Å². The van der Waals surface area contributed by atoms with Crippen molar-refractivity contribution in [1.29, 1.82) is 0 Å². The number of aliphatic hydroxyl groups is 2. The topological polar surface area (TPSA) is 137 Å². The molecular weight excluding hydrogens is 681 g/mol. The minimum absolute atomic E-state index is 0.0384. The van der Waals surface area contributed by atoms with E-state index in [0.717, 1.165) is 38.9 Å². The number of phenols is 1. The minimum Gasteiger partial charge on any atom is -0.508 e. The van der Waals surface area contributed by atoms with Crippen LogP contribution in [0.15, 0.2) is 128 Å². The second-order valence-electron chi connectivity index (χ2n) is 13.9. The Morgan fingerprint density at radius 1 is 0.870 bits per heavy atom. The molecular formula is C44H44N4O6. The van der Waals surface area contributed by atoms with Gasteiger partial charge in [0.15, 0.2) is 6.29 Å². The Kier molecular flexibility index (Phi) is 11.4. The molecule has 1 aromatic heterocycles. The van der Waals surface area contributed by atoms with E-state index in [1.807, 2.05) is 109 Å². The molecule has 5 atom stereocenters. The molecule has 7 rings (SSSR count). The van der Waals surface area contributed by atoms with Crippen LogP contribution < -0.4 is 5.32 Å². The van der Waals surface area contributed by atoms with Crippen LogP contribution in [0.1, 0.15) is 63.7 Å². The lowest BCUT2D eigenvalue weighted by atomic mass is 9.90. The number of aromatic hydroxyl groups is 1. The van der Waals surface area contributed by atoms with Gasteiger partial charge in [-0.2, -0.15) is 0 Å². The molecule has 10 heteroatoms. The molecule has 276 valence electrons. The van der Waals surface area contributed by atoms with Crippen LogP contribution in [0.5, 0.6) is 5.75 Å². The van der Waals surface area contributed by atoms with E-state index >= 15 is 0 Å². The van der Waals surface area contributed by atoms with Crippen LogP contribution in [0.4, 0.5) is 0 Å². The average Bonchev–Trinajstić information content (AvgIpc) is 3.20. The lowest BCUT2D eigenvalue weighted by Crippen LogP contribution is -2.44. The highest BCUT2D eigenvalue weighted by Crippen LogP contribution is 2.42. The highest BCUT2D eigenvalue weighted by Gasteiger charge is 2.39. The van der Waals surface area contributed by atoms with Crippen molar-refractivity contribution in [2.45, 2.75) is 44.7 Å². The number of benzene rings is 5. The number of likely N-dealkylation sites (N-methyl/N-ethyl adjacent to an activating group) is 1. The first kappa shape index (κ1) is 36.9. The zero-order valence-electron chi connectivity index (χ0n) is 30.2. The number of carbonyl (C=O) groups excluding carboxylic acids is 1. The molecule has 6 aromatic rings. The zero-order valence-corrected chi connectivity index (χ0v) is 30.2. The fraction of sp³-hybridized carbons (Fsp3) is 0.250. The number of nitrogens with zero attached hydrogens (tertiary/aromatic N) is 3. The van der Waals surface area contributed by atoms with E-state index < -0.39 is 12.4 Å². The predicted molar refractivity (Wildman–Crippen MR) is 206 cm³/mol. The van der Waals surface area contributed by atoms with Crippen molar-refractivity contribution < 1.29 is 29.6 Å². The van der Waals surface area contributed by atoms with E-state index in [0.29, 0.717) is 30.7 Å². The third-order valence-corrected chi connectivity index (χ3v) is 9.99. The molecule has 0 radical (unpaired) electrons. The second kappa shape index (κ2) is 16.7. The summed E-state index contributed by atoms with van der Waals surface area (Å²) in [6, 6.07) is 38.0. The summed E-state index contributed by atoms with van der Waals surface area (Å²) in [5.41, 5.74) is 7.89. The molecule has 5 unspecified atom stereocenters. The highest BCUT2D eigenvalue weighted by molar-refractivity contribution is 5.93. The predicted octanol–water partition coefficient (Wildman–Crippen LogP) is 6.88. The molecule has 1 amide bonds. The molecule has 5 aromatic carbocycles. The number of phenolic OH excluding ortho intramolecular Hbond substituents is 1. The van der Waals surface area contributed by atoms with Gasteiger partial charge in [0.05, 0.1) is 42.1 Å². The van der Waals surface area contributed by atoms with Gasteiger partial charge in [-0.25, -0.2) is 4.98 Å². The number of para-hydroxylation sites is 2. The molecule has 0 aliphatic carbocycles. The first-order chi connectivity index (χ1) is 26.2. The molecule has 54 heavy (non-hydrogen) atoms. The molecule has 4 N–H and O–H groups in total. The smallest absolute Gasteiger partial charge is 0.271 e. The second-order valence-corrected chi connectivity index (χ2v) is 13.9. The summed E-state index contributed by atoms with van der Waals surface area (Å²) < 4.78 is 13.4. The summed E-state index contributed by atoms with van der Waals surface area (Å²) in [5.74, 6) is -0.223. The van der Waals surface area contributed by atoms with Crippen molar-refractivity contribution in [3.8, 4) is 16.9 Å². The first-order valence-corrected chi connectivity index (χ1v) is 18.1. The Morgan fingerprint density at radius 2 is 1.59 bits per heavy atom. The largest absolute Gasteiger partial charge is 0.508 e. The van der Waals surface area contributed by atoms with Gasteiger partial charge in [-0.3, -0.25) is 9.78 Å². The summed E-state index contributed by atoms with van der Waals surface area (Å²) >= 11 is 0. The monoisotopic (exact) mass is 724 g/mol. The number of carbonyl (C=O) groups is 1. The number of aromatic nitrogens is 2. The van der Waals surface area contributed by atoms with Crippen molar-refractivity contribution in [1.82, 2.24) is 20.2 Å². The molecule has 1 aliphatic heterocycles. The van der Waals surface area contributed by atoms with Crippen LogP contribution in [0, 0.1) is 5.92 Å². The third-order valence-electron chi connectivity index (χ3n) is 9.99. The fourth-order valence-electron chi connectivity index (χ4n) is 6.95. The molecule has 2 heterocycles. The summed E-state index contributed by atoms with van der Waals surface area (Å²) in [4.78, 5) is 23.9. The molecule has 1 aliphatic rings. The van der Waals surface area contributed by atoms with Gasteiger partial charge in [-0.15, -0.1) is 0 Å². The van der Waals surface area contributed by atoms with Crippen LogP contribution >= 0.6 is 0 Å². The van der Waals surface area contributed by atoms with Crippen LogP contribution in [0.25, 0.3) is 22.2 Å². The lowest BCUT2D eigenvalue weighted by Gasteiger charge is -2.42. The molecule has 1 fully saturated rings. The summed E-state index contributed by atoms with van der Waals surface area (Å²) in [5, 5.41) is 33.5. The van der Waals surface area contributed by atoms with E-state index in [4.69, 9.17) is 9.47 Å². The SMILES string of the molecule is CC1C(CN(C)CC(O)c2cccc(O)c2)OC(c2ccc(-c3ccccc3CNC(=O)c3cnc4ccccc4n3)cc2)OC1c1ccc(CO)cc1. The van der Waals surface area contributed by atoms with Crippen LogP contribution in [-0.4, -0.2) is 62.3 Å². The van der Waals surface area contributed by atoms with Crippen LogP contribution in [0.3, 0.4) is 0 Å². The number of hydrogen-bond acceptors (Lipinski definition) is 9. The normalized spacial score (nSPS) is 19.1. The molecule has 10 nitrogen and oxygen atoms in total. The van der Waals surface area contributed by atoms with E-state index in [9.17, 15) is 20.1 Å². The lowest BCUT2D eigenvalue weighted by molar-refractivity contribution is -0.276. The van der Waals surface area contributed by atoms with Gasteiger partial charge in [-0.1, -0.05) is 104 Å². The van der Waals surface area contributed by atoms with Gasteiger partial charge >= 0.3 is 0 Å². The maximum Gasteiger partial charge on any atom is 0.271 e. The fourth-order valence-corrected chi connectivity index (χ4v) is 6.95. The van der Waals surface area contributed by atoms with Gasteiger partial charge in [-0.05, 0) is 64.7 Å². The van der Waals surface area contributed by atoms with Gasteiger partial charge in [0, 0.05) is 31.1 Å². The zero-order chi connectivity index (χ0) is 37.6. The number of rotatable bonds is 12. The summed E-state index contributed by atoms with van der Waals surface area (Å²) in [7, 11) is 1.95. The maximum absolute atomic E-state index is 13.1. The summed E-state index contributed by atoms with van der Waals surface area (Å²) in [6.45, 7) is 3.26. The quantitative estimate of drug-likeness (QED) is 0.106. The Labute approximate surface area is 314 Å². The molecule has 0 bridgehead atoms. The number of aliphatic hydroxyl groups excluding tert-OH is 2. The Balaban J connectivity index is 1.08. The molecule has 1 saturated heterocycles. The van der Waals surface area contributed by atoms with E-state index in [-0.39, 0.29) is 42.1 Å². The van der Waals surface area contributed by atoms with E-state index in [1.165, 1.54) is 6.20 Å². The van der Waals surface area contributed by atoms with Crippen LogP contribution in [0.2, 0.25) is 0 Å². The Hall–Kier alpha value is -5.49. The van der Waals surface area contributed by atoms with Gasteiger partial charge < -0.3 is 35.0 Å². The highest BCUT2D eigenvalue weighted by atomic mass is 16.7. The Bertz CT molecular complexity index is 2200. The van der Waals surface area contributed by atoms with Crippen molar-refractivity contribution in [2.24, 2.45) is 5.92 Å².